The molecule has 0 unspecified atom stereocenters. The summed E-state index contributed by atoms with van der Waals surface area (Å²) >= 11 is 0. The summed E-state index contributed by atoms with van der Waals surface area (Å²) in [6.45, 7) is 5.82. The van der Waals surface area contributed by atoms with E-state index in [1.165, 1.54) is 14.2 Å². The van der Waals surface area contributed by atoms with Crippen LogP contribution in [0.1, 0.15) is 29.8 Å². The van der Waals surface area contributed by atoms with Crippen LogP contribution in [0.3, 0.4) is 0 Å². The maximum Gasteiger partial charge on any atom is 0.341 e. The van der Waals surface area contributed by atoms with Gasteiger partial charge >= 0.3 is 5.97 Å². The molecule has 0 spiro atoms. The highest BCUT2D eigenvalue weighted by Crippen LogP contribution is 2.25. The second-order valence-electron chi connectivity index (χ2n) is 2.90. The van der Waals surface area contributed by atoms with E-state index in [1.807, 2.05) is 20.8 Å². The number of hydrogen-bond donors (Lipinski definition) is 1. The Morgan fingerprint density at radius 2 is 1.81 bits per heavy atom. The number of anilines is 1. The first-order chi connectivity index (χ1) is 7.60. The van der Waals surface area contributed by atoms with Crippen molar-refractivity contribution < 1.29 is 14.3 Å². The maximum atomic E-state index is 11.3. The maximum absolute atomic E-state index is 11.3. The molecule has 90 valence electrons. The third-order valence-corrected chi connectivity index (χ3v) is 1.99. The van der Waals surface area contributed by atoms with Crippen LogP contribution in [0.2, 0.25) is 0 Å². The molecular weight excluding hydrogens is 206 g/mol. The van der Waals surface area contributed by atoms with Gasteiger partial charge in [-0.15, -0.1) is 0 Å². The average molecular weight is 225 g/mol. The van der Waals surface area contributed by atoms with Crippen LogP contribution in [-0.4, -0.2) is 20.2 Å². The monoisotopic (exact) mass is 225 g/mol. The Morgan fingerprint density at radius 3 is 2.25 bits per heavy atom. The Morgan fingerprint density at radius 1 is 1.25 bits per heavy atom. The molecule has 1 rings (SSSR count). The normalized spacial score (nSPS) is 8.81. The van der Waals surface area contributed by atoms with E-state index in [0.29, 0.717) is 17.0 Å². The standard InChI is InChI=1S/C10H13NO3.C2H6/c1-6-4-7(10(12)14-3)9(13-2)5-8(6)11;1-2/h4-5H,11H2,1-3H3;1-2H3. The summed E-state index contributed by atoms with van der Waals surface area (Å²) in [5.74, 6) is 0.00454. The first-order valence-corrected chi connectivity index (χ1v) is 5.12. The molecule has 16 heavy (non-hydrogen) atoms. The van der Waals surface area contributed by atoms with E-state index in [-0.39, 0.29) is 0 Å². The predicted molar refractivity (Wildman–Crippen MR) is 64.8 cm³/mol. The van der Waals surface area contributed by atoms with E-state index < -0.39 is 5.97 Å². The minimum Gasteiger partial charge on any atom is -0.496 e. The molecule has 0 saturated carbocycles. The van der Waals surface area contributed by atoms with Crippen molar-refractivity contribution in [1.29, 1.82) is 0 Å². The Kier molecular flexibility index (Phi) is 6.00. The molecule has 0 heterocycles. The molecule has 0 aromatic heterocycles. The summed E-state index contributed by atoms with van der Waals surface area (Å²) in [5, 5.41) is 0. The van der Waals surface area contributed by atoms with Gasteiger partial charge in [-0.2, -0.15) is 0 Å². The minimum absolute atomic E-state index is 0.390. The van der Waals surface area contributed by atoms with Crippen molar-refractivity contribution in [2.75, 3.05) is 20.0 Å². The highest BCUT2D eigenvalue weighted by atomic mass is 16.5. The van der Waals surface area contributed by atoms with Gasteiger partial charge in [-0.05, 0) is 18.6 Å². The summed E-state index contributed by atoms with van der Waals surface area (Å²) in [6, 6.07) is 3.27. The van der Waals surface area contributed by atoms with Gasteiger partial charge in [0.15, 0.2) is 0 Å². The molecule has 0 radical (unpaired) electrons. The zero-order chi connectivity index (χ0) is 12.7. The molecule has 4 nitrogen and oxygen atoms in total. The Bertz CT molecular complexity index is 362. The third kappa shape index (κ3) is 3.15. The quantitative estimate of drug-likeness (QED) is 0.620. The molecule has 0 amide bonds. The summed E-state index contributed by atoms with van der Waals surface area (Å²) in [4.78, 5) is 11.3. The van der Waals surface area contributed by atoms with Crippen molar-refractivity contribution in [3.63, 3.8) is 0 Å². The molecule has 0 fully saturated rings. The lowest BCUT2D eigenvalue weighted by molar-refractivity contribution is 0.0597. The fourth-order valence-corrected chi connectivity index (χ4v) is 1.14. The number of aryl methyl sites for hydroxylation is 1. The number of nitrogen functional groups attached to an aromatic ring is 1. The van der Waals surface area contributed by atoms with Crippen molar-refractivity contribution in [2.45, 2.75) is 20.8 Å². The zero-order valence-electron chi connectivity index (χ0n) is 10.5. The zero-order valence-corrected chi connectivity index (χ0v) is 10.5. The van der Waals surface area contributed by atoms with Gasteiger partial charge in [0.2, 0.25) is 0 Å². The van der Waals surface area contributed by atoms with Crippen LogP contribution in [0.25, 0.3) is 0 Å². The van der Waals surface area contributed by atoms with E-state index in [1.54, 1.807) is 12.1 Å². The molecule has 1 aromatic rings. The van der Waals surface area contributed by atoms with Gasteiger partial charge in [-0.1, -0.05) is 13.8 Å². The highest BCUT2D eigenvalue weighted by molar-refractivity contribution is 5.93. The molecule has 0 bridgehead atoms. The van der Waals surface area contributed by atoms with Gasteiger partial charge in [-0.25, -0.2) is 4.79 Å². The summed E-state index contributed by atoms with van der Waals surface area (Å²) in [7, 11) is 2.81. The third-order valence-electron chi connectivity index (χ3n) is 1.99. The second-order valence-corrected chi connectivity index (χ2v) is 2.90. The van der Waals surface area contributed by atoms with Crippen molar-refractivity contribution >= 4 is 11.7 Å². The number of hydrogen-bond acceptors (Lipinski definition) is 4. The number of carbonyl (C=O) groups is 1. The topological polar surface area (TPSA) is 61.5 Å². The molecule has 0 saturated heterocycles. The Balaban J connectivity index is 0.00000106. The largest absolute Gasteiger partial charge is 0.496 e. The van der Waals surface area contributed by atoms with Crippen LogP contribution >= 0.6 is 0 Å². The number of carbonyl (C=O) groups excluding carboxylic acids is 1. The number of nitrogens with two attached hydrogens (primary N) is 1. The first kappa shape index (κ1) is 14.3. The number of rotatable bonds is 2. The van der Waals surface area contributed by atoms with E-state index in [9.17, 15) is 4.79 Å². The van der Waals surface area contributed by atoms with Crippen LogP contribution in [0.15, 0.2) is 12.1 Å². The van der Waals surface area contributed by atoms with Crippen molar-refractivity contribution in [1.82, 2.24) is 0 Å². The summed E-state index contributed by atoms with van der Waals surface area (Å²) in [5.41, 5.74) is 7.48. The van der Waals surface area contributed by atoms with Crippen molar-refractivity contribution in [3.05, 3.63) is 23.3 Å². The number of methoxy groups -OCH3 is 2. The molecule has 0 atom stereocenters. The van der Waals surface area contributed by atoms with E-state index in [0.717, 1.165) is 5.56 Å². The van der Waals surface area contributed by atoms with Crippen LogP contribution in [0.5, 0.6) is 5.75 Å². The second kappa shape index (κ2) is 6.71. The van der Waals surface area contributed by atoms with Gasteiger partial charge in [0, 0.05) is 11.8 Å². The lowest BCUT2D eigenvalue weighted by atomic mass is 10.1. The lowest BCUT2D eigenvalue weighted by Crippen LogP contribution is -2.05. The minimum atomic E-state index is -0.426. The van der Waals surface area contributed by atoms with Gasteiger partial charge in [0.25, 0.3) is 0 Å². The van der Waals surface area contributed by atoms with E-state index in [4.69, 9.17) is 10.5 Å². The number of esters is 1. The Labute approximate surface area is 96.4 Å². The highest BCUT2D eigenvalue weighted by Gasteiger charge is 2.13. The predicted octanol–water partition coefficient (Wildman–Crippen LogP) is 2.40. The molecule has 0 aliphatic rings. The first-order valence-electron chi connectivity index (χ1n) is 5.12. The number of ether oxygens (including phenoxy) is 2. The molecule has 2 N–H and O–H groups in total. The molecule has 4 heteroatoms. The van der Waals surface area contributed by atoms with Crippen LogP contribution in [-0.2, 0) is 4.74 Å². The smallest absolute Gasteiger partial charge is 0.341 e. The van der Waals surface area contributed by atoms with E-state index in [2.05, 4.69) is 4.74 Å². The fraction of sp³-hybridized carbons (Fsp3) is 0.417. The molecule has 1 aromatic carbocycles. The SMILES string of the molecule is CC.COC(=O)c1cc(C)c(N)cc1OC. The Hall–Kier alpha value is -1.71. The van der Waals surface area contributed by atoms with Gasteiger partial charge in [0.05, 0.1) is 14.2 Å². The molecular formula is C12H19NO3. The van der Waals surface area contributed by atoms with Gasteiger partial charge in [0.1, 0.15) is 11.3 Å². The van der Waals surface area contributed by atoms with Crippen molar-refractivity contribution in [2.24, 2.45) is 0 Å². The van der Waals surface area contributed by atoms with Crippen LogP contribution in [0, 0.1) is 6.92 Å². The van der Waals surface area contributed by atoms with Crippen molar-refractivity contribution in [3.8, 4) is 5.75 Å². The van der Waals surface area contributed by atoms with Crippen LogP contribution < -0.4 is 10.5 Å². The summed E-state index contributed by atoms with van der Waals surface area (Å²) in [6.07, 6.45) is 0. The van der Waals surface area contributed by atoms with Crippen LogP contribution in [0.4, 0.5) is 5.69 Å². The van der Waals surface area contributed by atoms with Gasteiger partial charge < -0.3 is 15.2 Å². The van der Waals surface area contributed by atoms with E-state index >= 15 is 0 Å². The fourth-order valence-electron chi connectivity index (χ4n) is 1.14. The lowest BCUT2D eigenvalue weighted by Gasteiger charge is -2.09. The number of benzene rings is 1. The summed E-state index contributed by atoms with van der Waals surface area (Å²) < 4.78 is 9.64. The van der Waals surface area contributed by atoms with Gasteiger partial charge in [-0.3, -0.25) is 0 Å². The average Bonchev–Trinajstić information content (AvgIpc) is 2.33. The molecule has 0 aliphatic heterocycles. The molecule has 0 aliphatic carbocycles.